The number of likely N-dealkylation sites (tertiary alicyclic amines) is 1. The number of ether oxygens (including phenoxy) is 2. The molecule has 1 fully saturated rings. The van der Waals surface area contributed by atoms with Crippen LogP contribution in [0.2, 0.25) is 0 Å². The highest BCUT2D eigenvalue weighted by atomic mass is 16.5. The monoisotopic (exact) mass is 358 g/mol. The predicted octanol–water partition coefficient (Wildman–Crippen LogP) is 4.93. The van der Waals surface area contributed by atoms with Crippen LogP contribution in [0, 0.1) is 0 Å². The van der Waals surface area contributed by atoms with Gasteiger partial charge < -0.3 is 14.0 Å². The van der Waals surface area contributed by atoms with Crippen molar-refractivity contribution in [2.75, 3.05) is 20.3 Å². The highest BCUT2D eigenvalue weighted by Gasteiger charge is 2.29. The van der Waals surface area contributed by atoms with Crippen LogP contribution < -0.4 is 9.47 Å². The first-order valence-corrected chi connectivity index (χ1v) is 9.62. The molecule has 1 aromatic heterocycles. The number of methoxy groups -OCH3 is 1. The molecule has 5 nitrogen and oxygen atoms in total. The molecule has 0 saturated carbocycles. The van der Waals surface area contributed by atoms with Crippen LogP contribution in [0.4, 0.5) is 0 Å². The van der Waals surface area contributed by atoms with Gasteiger partial charge in [0.15, 0.2) is 11.5 Å². The molecule has 0 radical (unpaired) electrons. The molecule has 26 heavy (non-hydrogen) atoms. The summed E-state index contributed by atoms with van der Waals surface area (Å²) >= 11 is 0. The van der Waals surface area contributed by atoms with Crippen LogP contribution in [-0.4, -0.2) is 30.3 Å². The molecular weight excluding hydrogens is 328 g/mol. The zero-order chi connectivity index (χ0) is 18.5. The van der Waals surface area contributed by atoms with Gasteiger partial charge >= 0.3 is 0 Å². The van der Waals surface area contributed by atoms with Gasteiger partial charge in [-0.3, -0.25) is 4.90 Å². The molecule has 2 heterocycles. The van der Waals surface area contributed by atoms with Crippen molar-refractivity contribution < 1.29 is 14.0 Å². The van der Waals surface area contributed by atoms with Crippen molar-refractivity contribution in [3.05, 3.63) is 41.3 Å². The van der Waals surface area contributed by atoms with Crippen molar-refractivity contribution >= 4 is 0 Å². The molecule has 1 aliphatic heterocycles. The molecule has 3 rings (SSSR count). The second-order valence-electron chi connectivity index (χ2n) is 7.27. The van der Waals surface area contributed by atoms with Gasteiger partial charge in [0, 0.05) is 18.5 Å². The summed E-state index contributed by atoms with van der Waals surface area (Å²) in [4.78, 5) is 2.48. The summed E-state index contributed by atoms with van der Waals surface area (Å²) in [6, 6.07) is 8.68. The summed E-state index contributed by atoms with van der Waals surface area (Å²) in [6.45, 7) is 9.01. The van der Waals surface area contributed by atoms with Crippen molar-refractivity contribution in [2.45, 2.75) is 58.5 Å². The Labute approximate surface area is 156 Å². The Morgan fingerprint density at radius 3 is 2.81 bits per heavy atom. The predicted molar refractivity (Wildman–Crippen MR) is 102 cm³/mol. The van der Waals surface area contributed by atoms with Gasteiger partial charge in [-0.1, -0.05) is 32.0 Å². The zero-order valence-electron chi connectivity index (χ0n) is 16.3. The van der Waals surface area contributed by atoms with Gasteiger partial charge in [0.2, 0.25) is 0 Å². The summed E-state index contributed by atoms with van der Waals surface area (Å²) in [6.07, 6.45) is 3.29. The number of rotatable bonds is 8. The van der Waals surface area contributed by atoms with Gasteiger partial charge in [-0.05, 0) is 43.5 Å². The molecule has 0 aliphatic carbocycles. The summed E-state index contributed by atoms with van der Waals surface area (Å²) in [5.41, 5.74) is 2.28. The van der Waals surface area contributed by atoms with E-state index in [1.807, 2.05) is 6.07 Å². The first kappa shape index (κ1) is 18.8. The largest absolute Gasteiger partial charge is 0.493 e. The second kappa shape index (κ2) is 8.58. The lowest BCUT2D eigenvalue weighted by Crippen LogP contribution is -2.23. The van der Waals surface area contributed by atoms with Gasteiger partial charge in [0.05, 0.1) is 19.8 Å². The van der Waals surface area contributed by atoms with Gasteiger partial charge in [0.1, 0.15) is 11.5 Å². The van der Waals surface area contributed by atoms with E-state index in [0.29, 0.717) is 18.6 Å². The Balaban J connectivity index is 1.72. The average Bonchev–Trinajstić information content (AvgIpc) is 3.29. The topological polar surface area (TPSA) is 47.7 Å². The summed E-state index contributed by atoms with van der Waals surface area (Å²) in [5.74, 6) is 2.95. The lowest BCUT2D eigenvalue weighted by Gasteiger charge is -2.23. The highest BCUT2D eigenvalue weighted by molar-refractivity contribution is 5.43. The summed E-state index contributed by atoms with van der Waals surface area (Å²) in [7, 11) is 1.69. The fraction of sp³-hybridized carbons (Fsp3) is 0.571. The first-order valence-electron chi connectivity index (χ1n) is 9.62. The van der Waals surface area contributed by atoms with Crippen LogP contribution in [0.5, 0.6) is 11.5 Å². The van der Waals surface area contributed by atoms with Gasteiger partial charge in [-0.25, -0.2) is 0 Å². The molecule has 0 amide bonds. The van der Waals surface area contributed by atoms with Crippen molar-refractivity contribution in [1.82, 2.24) is 10.1 Å². The van der Waals surface area contributed by atoms with E-state index < -0.39 is 0 Å². The average molecular weight is 358 g/mol. The molecule has 1 saturated heterocycles. The molecule has 1 atom stereocenters. The minimum absolute atomic E-state index is 0.327. The molecule has 0 spiro atoms. The van der Waals surface area contributed by atoms with Crippen molar-refractivity contribution in [1.29, 1.82) is 0 Å². The Kier molecular flexibility index (Phi) is 6.20. The molecule has 5 heteroatoms. The quantitative estimate of drug-likeness (QED) is 0.669. The molecule has 1 unspecified atom stereocenters. The number of hydrogen-bond acceptors (Lipinski definition) is 5. The second-order valence-corrected chi connectivity index (χ2v) is 7.27. The van der Waals surface area contributed by atoms with E-state index in [0.717, 1.165) is 48.9 Å². The Morgan fingerprint density at radius 1 is 1.27 bits per heavy atom. The van der Waals surface area contributed by atoms with Crippen molar-refractivity contribution in [3.8, 4) is 11.5 Å². The SMILES string of the molecule is CCCOc1ccc(CN2CCCC2c2cc(C(C)C)on2)cc1OC. The van der Waals surface area contributed by atoms with E-state index in [4.69, 9.17) is 14.0 Å². The zero-order valence-corrected chi connectivity index (χ0v) is 16.3. The molecule has 0 N–H and O–H groups in total. The van der Waals surface area contributed by atoms with Crippen molar-refractivity contribution in [2.24, 2.45) is 0 Å². The van der Waals surface area contributed by atoms with Crippen LogP contribution in [0.1, 0.15) is 69.0 Å². The Hall–Kier alpha value is -2.01. The number of hydrogen-bond donors (Lipinski definition) is 0. The maximum atomic E-state index is 5.76. The van der Waals surface area contributed by atoms with E-state index in [1.54, 1.807) is 7.11 Å². The lowest BCUT2D eigenvalue weighted by atomic mass is 10.1. The normalized spacial score (nSPS) is 17.8. The fourth-order valence-electron chi connectivity index (χ4n) is 3.46. The fourth-order valence-corrected chi connectivity index (χ4v) is 3.46. The summed E-state index contributed by atoms with van der Waals surface area (Å²) < 4.78 is 16.8. The van der Waals surface area contributed by atoms with Gasteiger partial charge in [-0.2, -0.15) is 0 Å². The highest BCUT2D eigenvalue weighted by Crippen LogP contribution is 2.35. The molecule has 2 aromatic rings. The number of benzene rings is 1. The minimum atomic E-state index is 0.327. The van der Waals surface area contributed by atoms with Crippen molar-refractivity contribution in [3.63, 3.8) is 0 Å². The van der Waals surface area contributed by atoms with Crippen LogP contribution in [0.25, 0.3) is 0 Å². The molecule has 142 valence electrons. The van der Waals surface area contributed by atoms with Crippen LogP contribution >= 0.6 is 0 Å². The van der Waals surface area contributed by atoms with Crippen LogP contribution in [0.3, 0.4) is 0 Å². The third-order valence-corrected chi connectivity index (χ3v) is 4.90. The standard InChI is InChI=1S/C21H30N2O3/c1-5-11-25-19-9-8-16(12-21(19)24-4)14-23-10-6-7-18(23)17-13-20(15(2)3)26-22-17/h8-9,12-13,15,18H,5-7,10-11,14H2,1-4H3. The first-order chi connectivity index (χ1) is 12.6. The number of nitrogens with zero attached hydrogens (tertiary/aromatic N) is 2. The van der Waals surface area contributed by atoms with Gasteiger partial charge in [-0.15, -0.1) is 0 Å². The minimum Gasteiger partial charge on any atom is -0.493 e. The third kappa shape index (κ3) is 4.21. The van der Waals surface area contributed by atoms with E-state index in [2.05, 4.69) is 49.0 Å². The maximum absolute atomic E-state index is 5.76. The molecule has 1 aromatic carbocycles. The third-order valence-electron chi connectivity index (χ3n) is 4.90. The maximum Gasteiger partial charge on any atom is 0.161 e. The smallest absolute Gasteiger partial charge is 0.161 e. The molecular formula is C21H30N2O3. The van der Waals surface area contributed by atoms with E-state index in [1.165, 1.54) is 12.0 Å². The van der Waals surface area contributed by atoms with E-state index in [-0.39, 0.29) is 0 Å². The van der Waals surface area contributed by atoms with E-state index >= 15 is 0 Å². The molecule has 0 bridgehead atoms. The van der Waals surface area contributed by atoms with Crippen LogP contribution in [-0.2, 0) is 6.54 Å². The Morgan fingerprint density at radius 2 is 2.12 bits per heavy atom. The summed E-state index contributed by atoms with van der Waals surface area (Å²) in [5, 5.41) is 4.33. The lowest BCUT2D eigenvalue weighted by molar-refractivity contribution is 0.235. The van der Waals surface area contributed by atoms with E-state index in [9.17, 15) is 0 Å². The van der Waals surface area contributed by atoms with Crippen LogP contribution in [0.15, 0.2) is 28.8 Å². The molecule has 1 aliphatic rings. The Bertz CT molecular complexity index is 711. The van der Waals surface area contributed by atoms with Gasteiger partial charge in [0.25, 0.3) is 0 Å². The number of aromatic nitrogens is 1.